The second-order valence-corrected chi connectivity index (χ2v) is 7.46. The van der Waals surface area contributed by atoms with E-state index in [0.717, 1.165) is 17.4 Å². The van der Waals surface area contributed by atoms with Gasteiger partial charge in [-0.1, -0.05) is 12.1 Å². The minimum Gasteiger partial charge on any atom is -0.284 e. The molecule has 0 fully saturated rings. The fourth-order valence-electron chi connectivity index (χ4n) is 2.57. The Balaban J connectivity index is 1.80. The van der Waals surface area contributed by atoms with Crippen LogP contribution in [-0.2, 0) is 10.0 Å². The fraction of sp³-hybridized carbons (Fsp3) is 0.0588. The first-order valence-electron chi connectivity index (χ1n) is 7.71. The van der Waals surface area contributed by atoms with E-state index in [1.807, 2.05) is 30.3 Å². The van der Waals surface area contributed by atoms with Gasteiger partial charge in [-0.3, -0.25) is 9.71 Å². The molecule has 8 nitrogen and oxygen atoms in total. The molecule has 0 saturated heterocycles. The number of benzene rings is 1. The van der Waals surface area contributed by atoms with Gasteiger partial charge < -0.3 is 0 Å². The molecule has 0 saturated carbocycles. The van der Waals surface area contributed by atoms with Crippen LogP contribution in [-0.4, -0.2) is 39.5 Å². The lowest BCUT2D eigenvalue weighted by Crippen LogP contribution is -2.09. The molecule has 4 aromatic rings. The summed E-state index contributed by atoms with van der Waals surface area (Å²) in [6, 6.07) is 14.4. The maximum Gasteiger partial charge on any atom is 0.229 e. The lowest BCUT2D eigenvalue weighted by atomic mass is 10.1. The number of sulfonamides is 1. The first-order chi connectivity index (χ1) is 12.5. The number of rotatable bonds is 4. The molecule has 26 heavy (non-hydrogen) atoms. The highest BCUT2D eigenvalue weighted by Gasteiger charge is 2.11. The summed E-state index contributed by atoms with van der Waals surface area (Å²) >= 11 is 0. The fourth-order valence-corrected chi connectivity index (χ4v) is 3.13. The van der Waals surface area contributed by atoms with Crippen LogP contribution in [0.25, 0.3) is 28.3 Å². The van der Waals surface area contributed by atoms with Gasteiger partial charge in [0.1, 0.15) is 0 Å². The van der Waals surface area contributed by atoms with E-state index in [1.165, 1.54) is 0 Å². The number of hydrogen-bond donors (Lipinski definition) is 1. The molecule has 0 atom stereocenters. The molecule has 0 unspecified atom stereocenters. The average Bonchev–Trinajstić information content (AvgIpc) is 3.04. The highest BCUT2D eigenvalue weighted by molar-refractivity contribution is 7.92. The molecule has 1 N–H and O–H groups in total. The topological polar surface area (TPSA) is 102 Å². The monoisotopic (exact) mass is 366 g/mol. The van der Waals surface area contributed by atoms with E-state index in [4.69, 9.17) is 0 Å². The Morgan fingerprint density at radius 3 is 2.62 bits per heavy atom. The summed E-state index contributed by atoms with van der Waals surface area (Å²) in [6.45, 7) is 0. The Morgan fingerprint density at radius 1 is 1.00 bits per heavy atom. The average molecular weight is 366 g/mol. The van der Waals surface area contributed by atoms with Gasteiger partial charge in [-0.25, -0.2) is 8.42 Å². The predicted octanol–water partition coefficient (Wildman–Crippen LogP) is 2.22. The van der Waals surface area contributed by atoms with Gasteiger partial charge in [0.2, 0.25) is 10.0 Å². The van der Waals surface area contributed by atoms with Gasteiger partial charge in [-0.05, 0) is 36.4 Å². The SMILES string of the molecule is CS(=O)(=O)Nc1cccc(-c2ccc3nnc(-c4cccnc4)n3n2)c1. The molecule has 1 aromatic carbocycles. The van der Waals surface area contributed by atoms with Crippen LogP contribution in [0.15, 0.2) is 60.9 Å². The minimum atomic E-state index is -3.35. The van der Waals surface area contributed by atoms with Gasteiger partial charge >= 0.3 is 0 Å². The molecule has 3 heterocycles. The van der Waals surface area contributed by atoms with Gasteiger partial charge in [-0.2, -0.15) is 9.61 Å². The molecular formula is C17H14N6O2S. The second-order valence-electron chi connectivity index (χ2n) is 5.71. The zero-order valence-electron chi connectivity index (χ0n) is 13.7. The zero-order chi connectivity index (χ0) is 18.1. The van der Waals surface area contributed by atoms with Crippen LogP contribution in [0, 0.1) is 0 Å². The molecular weight excluding hydrogens is 352 g/mol. The predicted molar refractivity (Wildman–Crippen MR) is 97.9 cm³/mol. The van der Waals surface area contributed by atoms with Crippen LogP contribution in [0.2, 0.25) is 0 Å². The summed E-state index contributed by atoms with van der Waals surface area (Å²) in [4.78, 5) is 4.10. The van der Waals surface area contributed by atoms with Crippen LogP contribution in [0.4, 0.5) is 5.69 Å². The van der Waals surface area contributed by atoms with Crippen molar-refractivity contribution in [3.8, 4) is 22.6 Å². The third kappa shape index (κ3) is 3.24. The van der Waals surface area contributed by atoms with E-state index in [0.29, 0.717) is 22.9 Å². The molecule has 0 aliphatic heterocycles. The molecule has 9 heteroatoms. The van der Waals surface area contributed by atoms with E-state index in [2.05, 4.69) is 25.0 Å². The maximum atomic E-state index is 11.4. The molecule has 0 amide bonds. The number of hydrogen-bond acceptors (Lipinski definition) is 6. The maximum absolute atomic E-state index is 11.4. The zero-order valence-corrected chi connectivity index (χ0v) is 14.6. The van der Waals surface area contributed by atoms with Gasteiger partial charge in [0.25, 0.3) is 0 Å². The smallest absolute Gasteiger partial charge is 0.229 e. The van der Waals surface area contributed by atoms with E-state index in [-0.39, 0.29) is 0 Å². The van der Waals surface area contributed by atoms with Crippen LogP contribution in [0.1, 0.15) is 0 Å². The van der Waals surface area contributed by atoms with E-state index in [1.54, 1.807) is 35.1 Å². The quantitative estimate of drug-likeness (QED) is 0.594. The van der Waals surface area contributed by atoms with E-state index >= 15 is 0 Å². The molecule has 4 rings (SSSR count). The van der Waals surface area contributed by atoms with E-state index < -0.39 is 10.0 Å². The first kappa shape index (κ1) is 16.2. The Kier molecular flexibility index (Phi) is 3.85. The van der Waals surface area contributed by atoms with Crippen LogP contribution < -0.4 is 4.72 Å². The van der Waals surface area contributed by atoms with Crippen LogP contribution in [0.5, 0.6) is 0 Å². The molecule has 0 spiro atoms. The number of anilines is 1. The summed E-state index contributed by atoms with van der Waals surface area (Å²) in [5.74, 6) is 0.584. The van der Waals surface area contributed by atoms with Gasteiger partial charge in [0.15, 0.2) is 11.5 Å². The summed E-state index contributed by atoms with van der Waals surface area (Å²) in [7, 11) is -3.35. The van der Waals surface area contributed by atoms with Crippen molar-refractivity contribution < 1.29 is 8.42 Å². The van der Waals surface area contributed by atoms with Crippen molar-refractivity contribution in [3.63, 3.8) is 0 Å². The van der Waals surface area contributed by atoms with Crippen molar-refractivity contribution >= 4 is 21.4 Å². The van der Waals surface area contributed by atoms with Gasteiger partial charge in [0.05, 0.1) is 11.9 Å². The van der Waals surface area contributed by atoms with Crippen LogP contribution in [0.3, 0.4) is 0 Å². The molecule has 0 bridgehead atoms. The highest BCUT2D eigenvalue weighted by atomic mass is 32.2. The number of nitrogens with one attached hydrogen (secondary N) is 1. The molecule has 0 aliphatic rings. The molecule has 0 radical (unpaired) electrons. The Bertz CT molecular complexity index is 1190. The number of fused-ring (bicyclic) bond motifs is 1. The Labute approximate surface area is 149 Å². The van der Waals surface area contributed by atoms with Crippen molar-refractivity contribution in [1.29, 1.82) is 0 Å². The molecule has 3 aromatic heterocycles. The van der Waals surface area contributed by atoms with Crippen LogP contribution >= 0.6 is 0 Å². The highest BCUT2D eigenvalue weighted by Crippen LogP contribution is 2.23. The van der Waals surface area contributed by atoms with Crippen molar-refractivity contribution in [2.75, 3.05) is 11.0 Å². The molecule has 0 aliphatic carbocycles. The molecule has 130 valence electrons. The van der Waals surface area contributed by atoms with E-state index in [9.17, 15) is 8.42 Å². The number of pyridine rings is 1. The normalized spacial score (nSPS) is 11.6. The second kappa shape index (κ2) is 6.19. The standard InChI is InChI=1S/C17H14N6O2S/c1-26(24,25)22-14-6-2-4-12(10-14)15-7-8-16-19-20-17(23(16)21-15)13-5-3-9-18-11-13/h2-11,22H,1H3. The van der Waals surface area contributed by atoms with Gasteiger partial charge in [0, 0.05) is 29.2 Å². The summed E-state index contributed by atoms with van der Waals surface area (Å²) < 4.78 is 27.0. The van der Waals surface area contributed by atoms with Gasteiger partial charge in [-0.15, -0.1) is 10.2 Å². The summed E-state index contributed by atoms with van der Waals surface area (Å²) in [5.41, 5.74) is 3.32. The van der Waals surface area contributed by atoms with Crippen molar-refractivity contribution in [3.05, 3.63) is 60.9 Å². The Morgan fingerprint density at radius 2 is 1.85 bits per heavy atom. The minimum absolute atomic E-state index is 0.475. The number of aromatic nitrogens is 5. The number of nitrogens with zero attached hydrogens (tertiary/aromatic N) is 5. The Hall–Kier alpha value is -3.33. The third-order valence-electron chi connectivity index (χ3n) is 3.64. The van der Waals surface area contributed by atoms with Crippen molar-refractivity contribution in [1.82, 2.24) is 24.8 Å². The largest absolute Gasteiger partial charge is 0.284 e. The first-order valence-corrected chi connectivity index (χ1v) is 9.60. The lowest BCUT2D eigenvalue weighted by Gasteiger charge is -2.07. The lowest BCUT2D eigenvalue weighted by molar-refractivity contribution is 0.607. The van der Waals surface area contributed by atoms with Crippen molar-refractivity contribution in [2.24, 2.45) is 0 Å². The third-order valence-corrected chi connectivity index (χ3v) is 4.25. The van der Waals surface area contributed by atoms with Crippen molar-refractivity contribution in [2.45, 2.75) is 0 Å². The summed E-state index contributed by atoms with van der Waals surface area (Å²) in [5, 5.41) is 12.9. The summed E-state index contributed by atoms with van der Waals surface area (Å²) in [6.07, 6.45) is 4.49.